The Morgan fingerprint density at radius 1 is 0.553 bits per heavy atom. The summed E-state index contributed by atoms with van der Waals surface area (Å²) in [6.07, 6.45) is 5.46. The summed E-state index contributed by atoms with van der Waals surface area (Å²) in [5, 5.41) is 1.04. The van der Waals surface area contributed by atoms with E-state index in [1.165, 1.54) is 16.7 Å². The molecule has 0 saturated heterocycles. The van der Waals surface area contributed by atoms with Crippen molar-refractivity contribution in [2.45, 2.75) is 26.2 Å². The lowest BCUT2D eigenvalue weighted by Gasteiger charge is -2.19. The minimum atomic E-state index is 0.0655. The molecule has 0 atom stereocenters. The van der Waals surface area contributed by atoms with E-state index in [0.29, 0.717) is 0 Å². The molecule has 6 aromatic rings. The van der Waals surface area contributed by atoms with Gasteiger partial charge in [0.25, 0.3) is 0 Å². The fourth-order valence-corrected chi connectivity index (χ4v) is 4.96. The van der Waals surface area contributed by atoms with Crippen molar-refractivity contribution in [2.75, 3.05) is 0 Å². The van der Waals surface area contributed by atoms with Crippen LogP contribution in [0.5, 0.6) is 0 Å². The van der Waals surface area contributed by atoms with E-state index in [2.05, 4.69) is 128 Å². The molecule has 0 N–H and O–H groups in total. The molecule has 3 heteroatoms. The minimum Gasteiger partial charge on any atom is -0.256 e. The van der Waals surface area contributed by atoms with Gasteiger partial charge in [0.2, 0.25) is 0 Å². The van der Waals surface area contributed by atoms with Crippen LogP contribution in [0.1, 0.15) is 26.3 Å². The number of hydrogen-bond donors (Lipinski definition) is 0. The van der Waals surface area contributed by atoms with Crippen LogP contribution in [0.25, 0.3) is 55.5 Å². The summed E-state index contributed by atoms with van der Waals surface area (Å²) in [7, 11) is 0. The fourth-order valence-electron chi connectivity index (χ4n) is 4.96. The van der Waals surface area contributed by atoms with Gasteiger partial charge in [0.15, 0.2) is 0 Å². The summed E-state index contributed by atoms with van der Waals surface area (Å²) in [6, 6.07) is 36.4. The molecular formula is C35H29N3. The molecule has 38 heavy (non-hydrogen) atoms. The Bertz CT molecular complexity index is 1750. The summed E-state index contributed by atoms with van der Waals surface area (Å²) in [5.41, 5.74) is 11.2. The molecule has 0 bridgehead atoms. The van der Waals surface area contributed by atoms with Gasteiger partial charge in [-0.25, -0.2) is 9.97 Å². The molecule has 0 aliphatic heterocycles. The molecule has 0 unspecified atom stereocenters. The maximum absolute atomic E-state index is 4.75. The second kappa shape index (κ2) is 9.68. The van der Waals surface area contributed by atoms with E-state index in [-0.39, 0.29) is 5.41 Å². The maximum atomic E-state index is 4.75. The fraction of sp³-hybridized carbons (Fsp3) is 0.114. The smallest absolute Gasteiger partial charge is 0.116 e. The van der Waals surface area contributed by atoms with Crippen molar-refractivity contribution in [3.63, 3.8) is 0 Å². The van der Waals surface area contributed by atoms with Crippen molar-refractivity contribution in [1.29, 1.82) is 0 Å². The van der Waals surface area contributed by atoms with E-state index in [4.69, 9.17) is 4.98 Å². The third-order valence-corrected chi connectivity index (χ3v) is 7.05. The minimum absolute atomic E-state index is 0.0655. The van der Waals surface area contributed by atoms with E-state index in [9.17, 15) is 0 Å². The van der Waals surface area contributed by atoms with Crippen LogP contribution in [0, 0.1) is 0 Å². The Hall–Kier alpha value is -4.63. The van der Waals surface area contributed by atoms with Crippen molar-refractivity contribution in [1.82, 2.24) is 15.0 Å². The van der Waals surface area contributed by atoms with Gasteiger partial charge in [-0.1, -0.05) is 99.6 Å². The van der Waals surface area contributed by atoms with Gasteiger partial charge in [0.1, 0.15) is 6.33 Å². The molecule has 0 fully saturated rings. The number of nitrogens with zero attached hydrogens (tertiary/aromatic N) is 3. The van der Waals surface area contributed by atoms with Crippen molar-refractivity contribution >= 4 is 10.9 Å². The summed E-state index contributed by atoms with van der Waals surface area (Å²) in [4.78, 5) is 13.8. The molecule has 0 amide bonds. The van der Waals surface area contributed by atoms with Gasteiger partial charge >= 0.3 is 0 Å². The normalized spacial score (nSPS) is 11.6. The Balaban J connectivity index is 1.45. The number of fused-ring (bicyclic) bond motifs is 1. The standard InChI is InChI=1S/C35H29N3/c1-35(2,3)29-17-18-37-33(21-29)28-14-8-13-27(20-28)31-16-15-30(32-22-36-23-38-34(31)32)26-12-7-11-25(19-26)24-9-5-4-6-10-24/h4-23H,1-3H3. The first-order valence-corrected chi connectivity index (χ1v) is 12.9. The highest BCUT2D eigenvalue weighted by molar-refractivity contribution is 6.02. The quantitative estimate of drug-likeness (QED) is 0.247. The average molecular weight is 492 g/mol. The summed E-state index contributed by atoms with van der Waals surface area (Å²) in [5.74, 6) is 0. The van der Waals surface area contributed by atoms with Gasteiger partial charge in [-0.05, 0) is 63.1 Å². The largest absolute Gasteiger partial charge is 0.256 e. The van der Waals surface area contributed by atoms with Crippen LogP contribution in [0.3, 0.4) is 0 Å². The van der Waals surface area contributed by atoms with Crippen LogP contribution in [0.15, 0.2) is 122 Å². The molecule has 6 rings (SSSR count). The molecule has 184 valence electrons. The Kier molecular flexibility index (Phi) is 6.05. The first kappa shape index (κ1) is 23.7. The first-order chi connectivity index (χ1) is 18.5. The van der Waals surface area contributed by atoms with Crippen LogP contribution >= 0.6 is 0 Å². The molecule has 0 aliphatic rings. The topological polar surface area (TPSA) is 38.7 Å². The highest BCUT2D eigenvalue weighted by atomic mass is 14.8. The van der Waals surface area contributed by atoms with Crippen molar-refractivity contribution < 1.29 is 0 Å². The summed E-state index contributed by atoms with van der Waals surface area (Å²) in [6.45, 7) is 6.68. The molecule has 2 heterocycles. The lowest BCUT2D eigenvalue weighted by molar-refractivity contribution is 0.589. The molecule has 0 spiro atoms. The average Bonchev–Trinajstić information content (AvgIpc) is 2.97. The van der Waals surface area contributed by atoms with Crippen molar-refractivity contribution in [3.8, 4) is 44.6 Å². The van der Waals surface area contributed by atoms with E-state index >= 15 is 0 Å². The van der Waals surface area contributed by atoms with Crippen LogP contribution in [0.4, 0.5) is 0 Å². The van der Waals surface area contributed by atoms with Crippen LogP contribution < -0.4 is 0 Å². The van der Waals surface area contributed by atoms with E-state index in [0.717, 1.165) is 44.4 Å². The van der Waals surface area contributed by atoms with Gasteiger partial charge < -0.3 is 0 Å². The van der Waals surface area contributed by atoms with Gasteiger partial charge in [-0.2, -0.15) is 0 Å². The Morgan fingerprint density at radius 2 is 1.21 bits per heavy atom. The predicted molar refractivity (Wildman–Crippen MR) is 158 cm³/mol. The Labute approximate surface area is 223 Å². The number of benzene rings is 4. The molecule has 0 saturated carbocycles. The predicted octanol–water partition coefficient (Wildman–Crippen LogP) is 8.99. The third kappa shape index (κ3) is 4.59. The first-order valence-electron chi connectivity index (χ1n) is 12.9. The third-order valence-electron chi connectivity index (χ3n) is 7.05. The van der Waals surface area contributed by atoms with E-state index < -0.39 is 0 Å². The van der Waals surface area contributed by atoms with Crippen LogP contribution in [-0.4, -0.2) is 15.0 Å². The molecule has 0 radical (unpaired) electrons. The van der Waals surface area contributed by atoms with Crippen LogP contribution in [-0.2, 0) is 5.41 Å². The molecule has 3 nitrogen and oxygen atoms in total. The monoisotopic (exact) mass is 491 g/mol. The van der Waals surface area contributed by atoms with Gasteiger partial charge in [0, 0.05) is 28.9 Å². The van der Waals surface area contributed by atoms with Crippen molar-refractivity contribution in [2.24, 2.45) is 0 Å². The highest BCUT2D eigenvalue weighted by Gasteiger charge is 2.16. The van der Waals surface area contributed by atoms with Gasteiger partial charge in [0.05, 0.1) is 11.2 Å². The molecular weight excluding hydrogens is 462 g/mol. The van der Waals surface area contributed by atoms with E-state index in [1.54, 1.807) is 6.33 Å². The second-order valence-electron chi connectivity index (χ2n) is 10.7. The lowest BCUT2D eigenvalue weighted by Crippen LogP contribution is -2.11. The van der Waals surface area contributed by atoms with Crippen molar-refractivity contribution in [3.05, 3.63) is 127 Å². The number of aromatic nitrogens is 3. The number of rotatable bonds is 4. The lowest BCUT2D eigenvalue weighted by atomic mass is 9.87. The molecule has 0 aliphatic carbocycles. The Morgan fingerprint density at radius 3 is 2.00 bits per heavy atom. The SMILES string of the molecule is CC(C)(C)c1ccnc(-c2cccc(-c3ccc(-c4cccc(-c5ccccc5)c4)c4cncnc34)c2)c1. The van der Waals surface area contributed by atoms with E-state index in [1.807, 2.05) is 18.5 Å². The molecule has 2 aromatic heterocycles. The highest BCUT2D eigenvalue weighted by Crippen LogP contribution is 2.37. The second-order valence-corrected chi connectivity index (χ2v) is 10.7. The maximum Gasteiger partial charge on any atom is 0.116 e. The number of pyridine rings is 1. The van der Waals surface area contributed by atoms with Gasteiger partial charge in [-0.3, -0.25) is 4.98 Å². The van der Waals surface area contributed by atoms with Gasteiger partial charge in [-0.15, -0.1) is 0 Å². The van der Waals surface area contributed by atoms with Crippen LogP contribution in [0.2, 0.25) is 0 Å². The number of hydrogen-bond acceptors (Lipinski definition) is 3. The zero-order valence-corrected chi connectivity index (χ0v) is 21.9. The summed E-state index contributed by atoms with van der Waals surface area (Å²) < 4.78 is 0. The summed E-state index contributed by atoms with van der Waals surface area (Å²) >= 11 is 0. The zero-order valence-electron chi connectivity index (χ0n) is 21.9. The molecule has 4 aromatic carbocycles. The zero-order chi connectivity index (χ0) is 26.1.